The molecule has 10 nitrogen and oxygen atoms in total. The molecule has 0 saturated carbocycles. The molecule has 1 aromatic rings. The Morgan fingerprint density at radius 1 is 0.941 bits per heavy atom. The summed E-state index contributed by atoms with van der Waals surface area (Å²) in [6, 6.07) is 2.59. The first kappa shape index (κ1) is 25.8. The summed E-state index contributed by atoms with van der Waals surface area (Å²) in [5.74, 6) is -1.16. The zero-order chi connectivity index (χ0) is 24.5. The van der Waals surface area contributed by atoms with E-state index < -0.39 is 23.2 Å². The molecule has 2 aliphatic rings. The second-order valence-corrected chi connectivity index (χ2v) is 10.0. The van der Waals surface area contributed by atoms with Crippen molar-refractivity contribution in [1.29, 1.82) is 0 Å². The van der Waals surface area contributed by atoms with Crippen molar-refractivity contribution in [2.75, 3.05) is 18.8 Å². The van der Waals surface area contributed by atoms with E-state index in [1.165, 1.54) is 0 Å². The quantitative estimate of drug-likeness (QED) is 0.125. The number of nitrogens with one attached hydrogen (secondary N) is 4. The van der Waals surface area contributed by atoms with Gasteiger partial charge in [-0.25, -0.2) is 4.79 Å². The van der Waals surface area contributed by atoms with Crippen LogP contribution in [-0.2, 0) is 4.79 Å². The number of hydrogen-bond acceptors (Lipinski definition) is 7. The third kappa shape index (κ3) is 7.34. The van der Waals surface area contributed by atoms with E-state index in [0.29, 0.717) is 24.8 Å². The number of phenolic OH excluding ortho intramolecular Hbond substituents is 3. The Hall–Kier alpha value is -2.82. The number of amides is 4. The molecule has 2 heterocycles. The average molecular weight is 495 g/mol. The molecule has 2 fully saturated rings. The Kier molecular flexibility index (Phi) is 9.55. The number of urea groups is 1. The van der Waals surface area contributed by atoms with Crippen molar-refractivity contribution in [3.63, 3.8) is 0 Å². The maximum Gasteiger partial charge on any atom is 0.315 e. The summed E-state index contributed by atoms with van der Waals surface area (Å²) in [5.41, 5.74) is 0.0732. The number of carbonyl (C=O) groups is 3. The zero-order valence-electron chi connectivity index (χ0n) is 19.1. The Labute approximate surface area is 203 Å². The molecule has 0 aliphatic carbocycles. The second-order valence-electron chi connectivity index (χ2n) is 8.75. The normalized spacial score (nSPS) is 20.9. The highest BCUT2D eigenvalue weighted by atomic mass is 32.2. The highest BCUT2D eigenvalue weighted by Crippen LogP contribution is 2.35. The fourth-order valence-electron chi connectivity index (χ4n) is 4.23. The van der Waals surface area contributed by atoms with Crippen LogP contribution in [0.2, 0.25) is 0 Å². The van der Waals surface area contributed by atoms with Gasteiger partial charge in [0.05, 0.1) is 12.1 Å². The summed E-state index contributed by atoms with van der Waals surface area (Å²) >= 11 is 1.89. The molecular weight excluding hydrogens is 460 g/mol. The molecule has 3 atom stereocenters. The molecule has 34 heavy (non-hydrogen) atoms. The minimum absolute atomic E-state index is 0.0687. The highest BCUT2D eigenvalue weighted by molar-refractivity contribution is 8.00. The number of phenols is 3. The van der Waals surface area contributed by atoms with Gasteiger partial charge in [-0.05, 0) is 37.8 Å². The minimum atomic E-state index is -0.650. The van der Waals surface area contributed by atoms with Crippen molar-refractivity contribution >= 4 is 29.6 Å². The van der Waals surface area contributed by atoms with Gasteiger partial charge in [0.2, 0.25) is 5.91 Å². The molecule has 2 saturated heterocycles. The third-order valence-electron chi connectivity index (χ3n) is 6.12. The number of rotatable bonds is 13. The van der Waals surface area contributed by atoms with E-state index in [4.69, 9.17) is 0 Å². The van der Waals surface area contributed by atoms with E-state index in [9.17, 15) is 29.7 Å². The first-order chi connectivity index (χ1) is 16.3. The molecule has 0 unspecified atom stereocenters. The monoisotopic (exact) mass is 494 g/mol. The summed E-state index contributed by atoms with van der Waals surface area (Å²) < 4.78 is 0. The molecule has 2 aliphatic heterocycles. The molecule has 188 valence electrons. The summed E-state index contributed by atoms with van der Waals surface area (Å²) in [4.78, 5) is 35.4. The lowest BCUT2D eigenvalue weighted by atomic mass is 10.0. The summed E-state index contributed by atoms with van der Waals surface area (Å²) in [6.07, 6.45) is 6.81. The number of thioether (sulfide) groups is 1. The van der Waals surface area contributed by atoms with Crippen molar-refractivity contribution in [2.24, 2.45) is 0 Å². The van der Waals surface area contributed by atoms with Gasteiger partial charge in [-0.2, -0.15) is 11.8 Å². The Morgan fingerprint density at radius 3 is 2.32 bits per heavy atom. The Balaban J connectivity index is 1.15. The van der Waals surface area contributed by atoms with Crippen molar-refractivity contribution in [3.8, 4) is 17.2 Å². The molecule has 3 rings (SSSR count). The third-order valence-corrected chi connectivity index (χ3v) is 7.63. The summed E-state index contributed by atoms with van der Waals surface area (Å²) in [6.45, 7) is 1.09. The maximum atomic E-state index is 12.0. The van der Waals surface area contributed by atoms with Crippen molar-refractivity contribution in [1.82, 2.24) is 21.3 Å². The predicted molar refractivity (Wildman–Crippen MR) is 129 cm³/mol. The van der Waals surface area contributed by atoms with Crippen LogP contribution in [0.3, 0.4) is 0 Å². The number of carbonyl (C=O) groups excluding carboxylic acids is 3. The van der Waals surface area contributed by atoms with E-state index in [1.807, 2.05) is 11.8 Å². The van der Waals surface area contributed by atoms with Crippen LogP contribution in [-0.4, -0.2) is 69.3 Å². The average Bonchev–Trinajstić information content (AvgIpc) is 3.35. The second kappa shape index (κ2) is 12.6. The van der Waals surface area contributed by atoms with Crippen molar-refractivity contribution < 1.29 is 29.7 Å². The summed E-state index contributed by atoms with van der Waals surface area (Å²) in [7, 11) is 0. The van der Waals surface area contributed by atoms with Gasteiger partial charge in [-0.15, -0.1) is 0 Å². The molecule has 0 radical (unpaired) electrons. The van der Waals surface area contributed by atoms with Gasteiger partial charge in [0, 0.05) is 36.1 Å². The number of aromatic hydroxyl groups is 3. The Morgan fingerprint density at radius 2 is 1.62 bits per heavy atom. The SMILES string of the molecule is O=C(CCCC[C@@H]1SC[C@@H]2NC(=O)N[C@@H]21)NCCCCCCNC(=O)c1cc(O)c(O)c(O)c1. The largest absolute Gasteiger partial charge is 0.504 e. The Bertz CT molecular complexity index is 860. The van der Waals surface area contributed by atoms with Crippen molar-refractivity contribution in [3.05, 3.63) is 17.7 Å². The van der Waals surface area contributed by atoms with Crippen LogP contribution in [0.4, 0.5) is 4.79 Å². The lowest BCUT2D eigenvalue weighted by Crippen LogP contribution is -2.36. The van der Waals surface area contributed by atoms with Crippen LogP contribution < -0.4 is 21.3 Å². The maximum absolute atomic E-state index is 12.0. The lowest BCUT2D eigenvalue weighted by molar-refractivity contribution is -0.121. The number of unbranched alkanes of at least 4 members (excludes halogenated alkanes) is 4. The number of benzene rings is 1. The molecule has 1 aromatic carbocycles. The van der Waals surface area contributed by atoms with Gasteiger partial charge in [-0.1, -0.05) is 19.3 Å². The van der Waals surface area contributed by atoms with Gasteiger partial charge in [0.25, 0.3) is 5.91 Å². The standard InChI is InChI=1S/C23H34N4O6S/c28-16-11-14(12-17(29)21(16)31)22(32)25-10-6-2-1-5-9-24-19(30)8-4-3-7-18-20-15(13-34-18)26-23(33)27-20/h11-12,15,18,20,28-29,31H,1-10,13H2,(H,24,30)(H,25,32)(H2,26,27,33)/t15-,18-,20-/m0/s1. The fraction of sp³-hybridized carbons (Fsp3) is 0.609. The first-order valence-electron chi connectivity index (χ1n) is 11.8. The van der Waals surface area contributed by atoms with Crippen LogP contribution in [0.5, 0.6) is 17.2 Å². The predicted octanol–water partition coefficient (Wildman–Crippen LogP) is 1.94. The van der Waals surface area contributed by atoms with Crippen LogP contribution in [0.1, 0.15) is 61.7 Å². The highest BCUT2D eigenvalue weighted by Gasteiger charge is 2.42. The minimum Gasteiger partial charge on any atom is -0.504 e. The zero-order valence-corrected chi connectivity index (χ0v) is 20.0. The van der Waals surface area contributed by atoms with Gasteiger partial charge < -0.3 is 36.6 Å². The van der Waals surface area contributed by atoms with Gasteiger partial charge in [0.15, 0.2) is 17.2 Å². The topological polar surface area (TPSA) is 160 Å². The van der Waals surface area contributed by atoms with E-state index >= 15 is 0 Å². The van der Waals surface area contributed by atoms with Gasteiger partial charge >= 0.3 is 6.03 Å². The molecule has 7 N–H and O–H groups in total. The van der Waals surface area contributed by atoms with Crippen LogP contribution in [0, 0.1) is 0 Å². The van der Waals surface area contributed by atoms with E-state index in [2.05, 4.69) is 21.3 Å². The smallest absolute Gasteiger partial charge is 0.315 e. The van der Waals surface area contributed by atoms with E-state index in [1.54, 1.807) is 0 Å². The molecular formula is C23H34N4O6S. The molecule has 11 heteroatoms. The molecule has 0 aromatic heterocycles. The first-order valence-corrected chi connectivity index (χ1v) is 12.9. The fourth-order valence-corrected chi connectivity index (χ4v) is 5.78. The van der Waals surface area contributed by atoms with Crippen LogP contribution in [0.15, 0.2) is 12.1 Å². The van der Waals surface area contributed by atoms with Gasteiger partial charge in [-0.3, -0.25) is 9.59 Å². The van der Waals surface area contributed by atoms with E-state index in [-0.39, 0.29) is 29.6 Å². The van der Waals surface area contributed by atoms with E-state index in [0.717, 1.165) is 62.8 Å². The van der Waals surface area contributed by atoms with Crippen LogP contribution in [0.25, 0.3) is 0 Å². The van der Waals surface area contributed by atoms with Crippen LogP contribution >= 0.6 is 11.8 Å². The number of hydrogen-bond donors (Lipinski definition) is 7. The summed E-state index contributed by atoms with van der Waals surface area (Å²) in [5, 5.41) is 40.3. The molecule has 4 amide bonds. The molecule has 0 bridgehead atoms. The van der Waals surface area contributed by atoms with Gasteiger partial charge in [0.1, 0.15) is 0 Å². The number of fused-ring (bicyclic) bond motifs is 1. The van der Waals surface area contributed by atoms with Crippen molar-refractivity contribution in [2.45, 2.75) is 68.7 Å². The lowest BCUT2D eigenvalue weighted by Gasteiger charge is -2.16. The molecule has 0 spiro atoms.